The summed E-state index contributed by atoms with van der Waals surface area (Å²) >= 11 is 3.31. The molecule has 144 valence electrons. The van der Waals surface area contributed by atoms with Crippen LogP contribution in [0.4, 0.5) is 0 Å². The highest BCUT2D eigenvalue weighted by atomic mass is 79.9. The van der Waals surface area contributed by atoms with Gasteiger partial charge in [-0.25, -0.2) is 5.43 Å². The smallest absolute Gasteiger partial charge is 0.289 e. The maximum absolute atomic E-state index is 12.2. The van der Waals surface area contributed by atoms with Gasteiger partial charge in [0.2, 0.25) is 0 Å². The summed E-state index contributed by atoms with van der Waals surface area (Å²) in [6, 6.07) is 14.0. The number of aromatic amines is 1. The first-order valence-electron chi connectivity index (χ1n) is 8.57. The minimum Gasteiger partial charge on any atom is -0.507 e. The van der Waals surface area contributed by atoms with Crippen LogP contribution in [0.15, 0.2) is 58.1 Å². The van der Waals surface area contributed by atoms with Crippen LogP contribution in [0.3, 0.4) is 0 Å². The van der Waals surface area contributed by atoms with Gasteiger partial charge in [0, 0.05) is 15.6 Å². The zero-order chi connectivity index (χ0) is 20.1. The Labute approximate surface area is 170 Å². The molecule has 0 bridgehead atoms. The maximum Gasteiger partial charge on any atom is 0.289 e. The molecule has 0 spiro atoms. The number of H-pyrrole nitrogens is 1. The van der Waals surface area contributed by atoms with Crippen LogP contribution in [0.2, 0.25) is 0 Å². The molecular formula is C20H19BrN4O3. The molecule has 0 fully saturated rings. The molecule has 2 aromatic carbocycles. The molecule has 0 saturated heterocycles. The third kappa shape index (κ3) is 4.98. The number of hydrogen-bond acceptors (Lipinski definition) is 5. The number of ether oxygens (including phenoxy) is 1. The Kier molecular flexibility index (Phi) is 6.10. The second-order valence-electron chi connectivity index (χ2n) is 6.26. The monoisotopic (exact) mass is 442 g/mol. The molecule has 3 rings (SSSR count). The summed E-state index contributed by atoms with van der Waals surface area (Å²) in [6.45, 7) is 3.93. The van der Waals surface area contributed by atoms with Crippen molar-refractivity contribution in [3.8, 4) is 22.8 Å². The van der Waals surface area contributed by atoms with E-state index in [0.29, 0.717) is 11.3 Å². The van der Waals surface area contributed by atoms with Gasteiger partial charge in [0.25, 0.3) is 5.91 Å². The molecule has 7 nitrogen and oxygen atoms in total. The molecule has 1 amide bonds. The Balaban J connectivity index is 1.65. The number of benzene rings is 2. The predicted octanol–water partition coefficient (Wildman–Crippen LogP) is 4.10. The van der Waals surface area contributed by atoms with Crippen molar-refractivity contribution >= 4 is 28.1 Å². The van der Waals surface area contributed by atoms with E-state index >= 15 is 0 Å². The minimum absolute atomic E-state index is 0.0647. The standard InChI is InChI=1S/C20H19BrN4O3/c1-12(2)28-16-6-3-13(4-7-16)17-10-18(24-23-17)20(27)25-22-11-14-9-15(21)5-8-19(14)26/h3-12,26H,1-2H3,(H,23,24)(H,25,27)/b22-11+. The van der Waals surface area contributed by atoms with E-state index in [-0.39, 0.29) is 17.5 Å². The van der Waals surface area contributed by atoms with Crippen molar-refractivity contribution in [3.05, 3.63) is 64.3 Å². The Bertz CT molecular complexity index is 997. The van der Waals surface area contributed by atoms with E-state index < -0.39 is 5.91 Å². The zero-order valence-electron chi connectivity index (χ0n) is 15.3. The summed E-state index contributed by atoms with van der Waals surface area (Å²) in [6.07, 6.45) is 1.47. The van der Waals surface area contributed by atoms with Crippen molar-refractivity contribution in [2.75, 3.05) is 0 Å². The summed E-state index contributed by atoms with van der Waals surface area (Å²) < 4.78 is 6.41. The lowest BCUT2D eigenvalue weighted by Gasteiger charge is -2.09. The molecule has 8 heteroatoms. The number of aromatic nitrogens is 2. The molecule has 28 heavy (non-hydrogen) atoms. The summed E-state index contributed by atoms with van der Waals surface area (Å²) in [7, 11) is 0. The summed E-state index contributed by atoms with van der Waals surface area (Å²) in [5.74, 6) is 0.400. The van der Waals surface area contributed by atoms with Gasteiger partial charge in [-0.3, -0.25) is 9.89 Å². The Hall–Kier alpha value is -3.13. The fourth-order valence-corrected chi connectivity index (χ4v) is 2.79. The first kappa shape index (κ1) is 19.6. The SMILES string of the molecule is CC(C)Oc1ccc(-c2cc(C(=O)N/N=C/c3cc(Br)ccc3O)[nH]n2)cc1. The van der Waals surface area contributed by atoms with Crippen LogP contribution in [0.1, 0.15) is 29.9 Å². The van der Waals surface area contributed by atoms with E-state index in [1.54, 1.807) is 18.2 Å². The molecule has 0 saturated carbocycles. The van der Waals surface area contributed by atoms with Crippen LogP contribution in [0.5, 0.6) is 11.5 Å². The Morgan fingerprint density at radius 1 is 1.25 bits per heavy atom. The highest BCUT2D eigenvalue weighted by molar-refractivity contribution is 9.10. The number of rotatable bonds is 6. The maximum atomic E-state index is 12.2. The van der Waals surface area contributed by atoms with Gasteiger partial charge in [-0.15, -0.1) is 0 Å². The van der Waals surface area contributed by atoms with E-state index in [1.165, 1.54) is 12.3 Å². The zero-order valence-corrected chi connectivity index (χ0v) is 16.9. The van der Waals surface area contributed by atoms with Crippen LogP contribution < -0.4 is 10.2 Å². The fraction of sp³-hybridized carbons (Fsp3) is 0.150. The van der Waals surface area contributed by atoms with E-state index in [1.807, 2.05) is 38.1 Å². The third-order valence-electron chi connectivity index (χ3n) is 3.70. The number of nitrogens with zero attached hydrogens (tertiary/aromatic N) is 2. The van der Waals surface area contributed by atoms with Crippen LogP contribution in [0, 0.1) is 0 Å². The van der Waals surface area contributed by atoms with Gasteiger partial charge in [-0.1, -0.05) is 15.9 Å². The van der Waals surface area contributed by atoms with Gasteiger partial charge in [0.05, 0.1) is 18.0 Å². The molecule has 0 aliphatic rings. The molecule has 1 heterocycles. The first-order valence-corrected chi connectivity index (χ1v) is 9.36. The van der Waals surface area contributed by atoms with E-state index in [4.69, 9.17) is 4.74 Å². The van der Waals surface area contributed by atoms with E-state index in [2.05, 4.69) is 36.7 Å². The molecule has 0 atom stereocenters. The second-order valence-corrected chi connectivity index (χ2v) is 7.18. The van der Waals surface area contributed by atoms with Gasteiger partial charge in [-0.2, -0.15) is 10.2 Å². The van der Waals surface area contributed by atoms with Crippen LogP contribution >= 0.6 is 15.9 Å². The molecule has 0 aliphatic heterocycles. The van der Waals surface area contributed by atoms with Crippen LogP contribution in [-0.2, 0) is 0 Å². The van der Waals surface area contributed by atoms with Crippen molar-refractivity contribution in [2.45, 2.75) is 20.0 Å². The fourth-order valence-electron chi connectivity index (χ4n) is 2.41. The number of amides is 1. The molecule has 1 aromatic heterocycles. The van der Waals surface area contributed by atoms with E-state index in [0.717, 1.165) is 15.8 Å². The number of halogens is 1. The number of hydrazone groups is 1. The second kappa shape index (κ2) is 8.71. The average molecular weight is 443 g/mol. The lowest BCUT2D eigenvalue weighted by molar-refractivity contribution is 0.0950. The first-order chi connectivity index (χ1) is 13.4. The lowest BCUT2D eigenvalue weighted by Crippen LogP contribution is -2.18. The number of carbonyl (C=O) groups is 1. The van der Waals surface area contributed by atoms with Crippen molar-refractivity contribution in [1.29, 1.82) is 0 Å². The molecule has 0 unspecified atom stereocenters. The van der Waals surface area contributed by atoms with Crippen molar-refractivity contribution in [1.82, 2.24) is 15.6 Å². The predicted molar refractivity (Wildman–Crippen MR) is 111 cm³/mol. The molecular weight excluding hydrogens is 424 g/mol. The van der Waals surface area contributed by atoms with Crippen LogP contribution in [-0.4, -0.2) is 33.5 Å². The highest BCUT2D eigenvalue weighted by Crippen LogP contribution is 2.22. The lowest BCUT2D eigenvalue weighted by atomic mass is 10.1. The normalized spacial score (nSPS) is 11.1. The average Bonchev–Trinajstić information content (AvgIpc) is 3.15. The molecule has 3 aromatic rings. The van der Waals surface area contributed by atoms with Gasteiger partial charge < -0.3 is 9.84 Å². The number of phenolic OH excluding ortho intramolecular Hbond substituents is 1. The largest absolute Gasteiger partial charge is 0.507 e. The van der Waals surface area contributed by atoms with Crippen molar-refractivity contribution in [2.24, 2.45) is 5.10 Å². The van der Waals surface area contributed by atoms with Crippen LogP contribution in [0.25, 0.3) is 11.3 Å². The number of hydrogen-bond donors (Lipinski definition) is 3. The van der Waals surface area contributed by atoms with Gasteiger partial charge in [0.15, 0.2) is 0 Å². The molecule has 0 aliphatic carbocycles. The molecule has 0 radical (unpaired) electrons. The summed E-state index contributed by atoms with van der Waals surface area (Å²) in [4.78, 5) is 12.2. The van der Waals surface area contributed by atoms with Gasteiger partial charge in [0.1, 0.15) is 17.2 Å². The highest BCUT2D eigenvalue weighted by Gasteiger charge is 2.11. The minimum atomic E-state index is -0.441. The number of aromatic hydroxyl groups is 1. The van der Waals surface area contributed by atoms with Crippen molar-refractivity contribution < 1.29 is 14.6 Å². The topological polar surface area (TPSA) is 99.6 Å². The van der Waals surface area contributed by atoms with E-state index in [9.17, 15) is 9.90 Å². The Morgan fingerprint density at radius 3 is 2.71 bits per heavy atom. The third-order valence-corrected chi connectivity index (χ3v) is 4.20. The summed E-state index contributed by atoms with van der Waals surface area (Å²) in [5.41, 5.74) is 4.64. The molecule has 3 N–H and O–H groups in total. The Morgan fingerprint density at radius 2 is 2.00 bits per heavy atom. The van der Waals surface area contributed by atoms with Gasteiger partial charge >= 0.3 is 0 Å². The number of carbonyl (C=O) groups excluding carboxylic acids is 1. The van der Waals surface area contributed by atoms with Gasteiger partial charge in [-0.05, 0) is 62.4 Å². The number of phenols is 1. The number of nitrogens with one attached hydrogen (secondary N) is 2. The summed E-state index contributed by atoms with van der Waals surface area (Å²) in [5, 5.41) is 20.5. The van der Waals surface area contributed by atoms with Crippen molar-refractivity contribution in [3.63, 3.8) is 0 Å². The quantitative estimate of drug-likeness (QED) is 0.395.